The first-order chi connectivity index (χ1) is 10.0. The Balaban J connectivity index is 2.22. The van der Waals surface area contributed by atoms with E-state index >= 15 is 0 Å². The molecule has 21 heavy (non-hydrogen) atoms. The molecular formula is C15H18ClNO3S. The second-order valence-electron chi connectivity index (χ2n) is 5.00. The third-order valence-electron chi connectivity index (χ3n) is 3.53. The van der Waals surface area contributed by atoms with Crippen LogP contribution in [0.15, 0.2) is 23.1 Å². The molecule has 1 aliphatic heterocycles. The fraction of sp³-hybridized carbons (Fsp3) is 0.467. The summed E-state index contributed by atoms with van der Waals surface area (Å²) < 4.78 is 0. The van der Waals surface area contributed by atoms with Crippen molar-refractivity contribution in [2.45, 2.75) is 24.7 Å². The van der Waals surface area contributed by atoms with Gasteiger partial charge in [-0.15, -0.1) is 11.8 Å². The number of carboxylic acids is 1. The Morgan fingerprint density at radius 1 is 1.48 bits per heavy atom. The highest BCUT2D eigenvalue weighted by Gasteiger charge is 2.29. The van der Waals surface area contributed by atoms with E-state index < -0.39 is 11.9 Å². The van der Waals surface area contributed by atoms with Crippen LogP contribution in [-0.4, -0.2) is 40.7 Å². The van der Waals surface area contributed by atoms with Crippen LogP contribution in [0.1, 0.15) is 30.1 Å². The first-order valence-electron chi connectivity index (χ1n) is 6.97. The standard InChI is InChI=1S/C15H18ClNO3S/c1-2-21-13-6-5-11(16)8-12(13)14(18)17-7-3-4-10(9-17)15(19)20/h5-6,8,10H,2-4,7,9H2,1H3,(H,19,20). The number of thioether (sulfide) groups is 1. The SMILES string of the molecule is CCSc1ccc(Cl)cc1C(=O)N1CCCC(C(=O)O)C1. The van der Waals surface area contributed by atoms with E-state index in [9.17, 15) is 9.59 Å². The van der Waals surface area contributed by atoms with Crippen LogP contribution in [0.3, 0.4) is 0 Å². The maximum Gasteiger partial charge on any atom is 0.308 e. The summed E-state index contributed by atoms with van der Waals surface area (Å²) in [6.45, 7) is 2.90. The van der Waals surface area contributed by atoms with Crippen molar-refractivity contribution in [2.75, 3.05) is 18.8 Å². The number of benzene rings is 1. The highest BCUT2D eigenvalue weighted by molar-refractivity contribution is 7.99. The van der Waals surface area contributed by atoms with Gasteiger partial charge in [0, 0.05) is 23.0 Å². The average molecular weight is 328 g/mol. The van der Waals surface area contributed by atoms with Gasteiger partial charge in [-0.3, -0.25) is 9.59 Å². The van der Waals surface area contributed by atoms with Crippen LogP contribution in [0.4, 0.5) is 0 Å². The Kier molecular flexibility index (Phi) is 5.53. The van der Waals surface area contributed by atoms with Gasteiger partial charge in [0.15, 0.2) is 0 Å². The van der Waals surface area contributed by atoms with Crippen LogP contribution in [0.5, 0.6) is 0 Å². The summed E-state index contributed by atoms with van der Waals surface area (Å²) >= 11 is 7.59. The van der Waals surface area contributed by atoms with Crippen LogP contribution < -0.4 is 0 Å². The van der Waals surface area contributed by atoms with Gasteiger partial charge in [0.05, 0.1) is 11.5 Å². The van der Waals surface area contributed by atoms with Crippen molar-refractivity contribution in [1.82, 2.24) is 4.90 Å². The van der Waals surface area contributed by atoms with Crippen molar-refractivity contribution >= 4 is 35.2 Å². The number of halogens is 1. The van der Waals surface area contributed by atoms with E-state index in [2.05, 4.69) is 0 Å². The number of amides is 1. The smallest absolute Gasteiger partial charge is 0.308 e. The molecular weight excluding hydrogens is 310 g/mol. The Hall–Kier alpha value is -1.20. The lowest BCUT2D eigenvalue weighted by molar-refractivity contribution is -0.143. The third-order valence-corrected chi connectivity index (χ3v) is 4.72. The van der Waals surface area contributed by atoms with Gasteiger partial charge in [0.2, 0.25) is 0 Å². The third kappa shape index (κ3) is 3.92. The predicted octanol–water partition coefficient (Wildman–Crippen LogP) is 3.39. The number of likely N-dealkylation sites (tertiary alicyclic amines) is 1. The largest absolute Gasteiger partial charge is 0.481 e. The quantitative estimate of drug-likeness (QED) is 0.861. The van der Waals surface area contributed by atoms with Gasteiger partial charge in [-0.25, -0.2) is 0 Å². The molecule has 4 nitrogen and oxygen atoms in total. The first kappa shape index (κ1) is 16.2. The van der Waals surface area contributed by atoms with Crippen LogP contribution in [0, 0.1) is 5.92 Å². The van der Waals surface area contributed by atoms with Crippen molar-refractivity contribution in [3.8, 4) is 0 Å². The topological polar surface area (TPSA) is 57.6 Å². The van der Waals surface area contributed by atoms with Crippen LogP contribution in [-0.2, 0) is 4.79 Å². The number of rotatable bonds is 4. The molecule has 0 saturated carbocycles. The number of carbonyl (C=O) groups excluding carboxylic acids is 1. The van der Waals surface area contributed by atoms with Crippen LogP contribution in [0.25, 0.3) is 0 Å². The van der Waals surface area contributed by atoms with E-state index in [1.54, 1.807) is 28.8 Å². The molecule has 1 amide bonds. The number of carboxylic acid groups (broad SMARTS) is 1. The summed E-state index contributed by atoms with van der Waals surface area (Å²) in [7, 11) is 0. The monoisotopic (exact) mass is 327 g/mol. The summed E-state index contributed by atoms with van der Waals surface area (Å²) in [6, 6.07) is 5.29. The molecule has 1 atom stereocenters. The maximum atomic E-state index is 12.7. The van der Waals surface area contributed by atoms with Crippen LogP contribution in [0.2, 0.25) is 5.02 Å². The van der Waals surface area contributed by atoms with E-state index in [0.717, 1.165) is 17.1 Å². The fourth-order valence-electron chi connectivity index (χ4n) is 2.48. The molecule has 1 unspecified atom stereocenters. The number of aliphatic carboxylic acids is 1. The summed E-state index contributed by atoms with van der Waals surface area (Å²) in [5.41, 5.74) is 0.570. The van der Waals surface area contributed by atoms with E-state index in [0.29, 0.717) is 23.6 Å². The van der Waals surface area contributed by atoms with Gasteiger partial charge in [0.25, 0.3) is 5.91 Å². The zero-order valence-corrected chi connectivity index (χ0v) is 13.4. The number of carbonyl (C=O) groups is 2. The number of hydrogen-bond acceptors (Lipinski definition) is 3. The molecule has 1 saturated heterocycles. The van der Waals surface area contributed by atoms with Crippen molar-refractivity contribution < 1.29 is 14.7 Å². The van der Waals surface area contributed by atoms with Gasteiger partial charge in [0.1, 0.15) is 0 Å². The Labute approximate surface area is 133 Å². The minimum absolute atomic E-state index is 0.126. The lowest BCUT2D eigenvalue weighted by Gasteiger charge is -2.31. The highest BCUT2D eigenvalue weighted by Crippen LogP contribution is 2.28. The number of piperidine rings is 1. The highest BCUT2D eigenvalue weighted by atomic mass is 35.5. The number of hydrogen-bond donors (Lipinski definition) is 1. The van der Waals surface area contributed by atoms with Crippen molar-refractivity contribution in [3.05, 3.63) is 28.8 Å². The predicted molar refractivity (Wildman–Crippen MR) is 84.1 cm³/mol. The van der Waals surface area contributed by atoms with Gasteiger partial charge in [-0.05, 0) is 36.8 Å². The molecule has 0 bridgehead atoms. The molecule has 1 N–H and O–H groups in total. The lowest BCUT2D eigenvalue weighted by atomic mass is 9.97. The van der Waals surface area contributed by atoms with Gasteiger partial charge >= 0.3 is 5.97 Å². The summed E-state index contributed by atoms with van der Waals surface area (Å²) in [5.74, 6) is -0.565. The van der Waals surface area contributed by atoms with E-state index in [1.807, 2.05) is 13.0 Å². The molecule has 1 aromatic rings. The van der Waals surface area contributed by atoms with Gasteiger partial charge < -0.3 is 10.0 Å². The average Bonchev–Trinajstić information content (AvgIpc) is 2.48. The van der Waals surface area contributed by atoms with Crippen molar-refractivity contribution in [3.63, 3.8) is 0 Å². The Morgan fingerprint density at radius 3 is 2.90 bits per heavy atom. The van der Waals surface area contributed by atoms with E-state index in [4.69, 9.17) is 16.7 Å². The molecule has 1 fully saturated rings. The molecule has 1 aliphatic rings. The molecule has 0 aliphatic carbocycles. The summed E-state index contributed by atoms with van der Waals surface area (Å²) in [5, 5.41) is 9.65. The Bertz CT molecular complexity index is 550. The normalized spacial score (nSPS) is 18.6. The van der Waals surface area contributed by atoms with E-state index in [-0.39, 0.29) is 12.5 Å². The van der Waals surface area contributed by atoms with Gasteiger partial charge in [-0.2, -0.15) is 0 Å². The second kappa shape index (κ2) is 7.18. The molecule has 1 aromatic carbocycles. The van der Waals surface area contributed by atoms with Crippen molar-refractivity contribution in [2.24, 2.45) is 5.92 Å². The minimum Gasteiger partial charge on any atom is -0.481 e. The summed E-state index contributed by atoms with van der Waals surface area (Å²) in [4.78, 5) is 26.3. The molecule has 0 aromatic heterocycles. The fourth-order valence-corrected chi connectivity index (χ4v) is 3.43. The Morgan fingerprint density at radius 2 is 2.24 bits per heavy atom. The lowest BCUT2D eigenvalue weighted by Crippen LogP contribution is -2.42. The molecule has 0 radical (unpaired) electrons. The summed E-state index contributed by atoms with van der Waals surface area (Å²) in [6.07, 6.45) is 1.35. The zero-order chi connectivity index (χ0) is 15.4. The second-order valence-corrected chi connectivity index (χ2v) is 6.74. The van der Waals surface area contributed by atoms with E-state index in [1.165, 1.54) is 0 Å². The molecule has 114 valence electrons. The van der Waals surface area contributed by atoms with Gasteiger partial charge in [-0.1, -0.05) is 18.5 Å². The zero-order valence-electron chi connectivity index (χ0n) is 11.8. The number of nitrogens with zero attached hydrogens (tertiary/aromatic N) is 1. The molecule has 2 rings (SSSR count). The maximum absolute atomic E-state index is 12.7. The first-order valence-corrected chi connectivity index (χ1v) is 8.33. The molecule has 1 heterocycles. The molecule has 6 heteroatoms. The molecule has 0 spiro atoms. The van der Waals surface area contributed by atoms with Crippen molar-refractivity contribution in [1.29, 1.82) is 0 Å². The minimum atomic E-state index is -0.832. The van der Waals surface area contributed by atoms with Crippen LogP contribution >= 0.6 is 23.4 Å².